The molecule has 0 aromatic heterocycles. The number of hydrogen-bond acceptors (Lipinski definition) is 3. The van der Waals surface area contributed by atoms with Crippen molar-refractivity contribution in [1.29, 1.82) is 0 Å². The monoisotopic (exact) mass is 290 g/mol. The molecular formula is C17H26N2O2. The van der Waals surface area contributed by atoms with Crippen molar-refractivity contribution in [2.45, 2.75) is 52.0 Å². The van der Waals surface area contributed by atoms with Crippen molar-refractivity contribution in [3.8, 4) is 5.75 Å². The highest BCUT2D eigenvalue weighted by molar-refractivity contribution is 5.93. The van der Waals surface area contributed by atoms with E-state index in [0.717, 1.165) is 55.7 Å². The Morgan fingerprint density at radius 3 is 2.86 bits per heavy atom. The number of ether oxygens (including phenoxy) is 1. The van der Waals surface area contributed by atoms with Crippen LogP contribution < -0.4 is 15.8 Å². The SMILES string of the molecule is CCCCOc1ccc(NC(=O)C2CCC(N)C2)c(C)c1. The number of carbonyl (C=O) groups is 1. The lowest BCUT2D eigenvalue weighted by atomic mass is 10.1. The number of hydrogen-bond donors (Lipinski definition) is 2. The molecule has 1 aliphatic carbocycles. The minimum atomic E-state index is 0.0554. The van der Waals surface area contributed by atoms with Crippen molar-refractivity contribution in [2.75, 3.05) is 11.9 Å². The zero-order valence-corrected chi connectivity index (χ0v) is 13.0. The lowest BCUT2D eigenvalue weighted by Gasteiger charge is -2.14. The highest BCUT2D eigenvalue weighted by Crippen LogP contribution is 2.27. The first-order valence-electron chi connectivity index (χ1n) is 7.90. The number of aryl methyl sites for hydroxylation is 1. The van der Waals surface area contributed by atoms with Crippen molar-refractivity contribution in [2.24, 2.45) is 11.7 Å². The average molecular weight is 290 g/mol. The van der Waals surface area contributed by atoms with Gasteiger partial charge in [-0.15, -0.1) is 0 Å². The molecule has 21 heavy (non-hydrogen) atoms. The predicted octanol–water partition coefficient (Wildman–Crippen LogP) is 3.24. The van der Waals surface area contributed by atoms with Gasteiger partial charge in [0.25, 0.3) is 0 Å². The van der Waals surface area contributed by atoms with Crippen LogP contribution in [0.15, 0.2) is 18.2 Å². The molecule has 1 aliphatic rings. The van der Waals surface area contributed by atoms with E-state index in [0.29, 0.717) is 0 Å². The van der Waals surface area contributed by atoms with Gasteiger partial charge in [-0.25, -0.2) is 0 Å². The van der Waals surface area contributed by atoms with E-state index in [9.17, 15) is 4.79 Å². The zero-order chi connectivity index (χ0) is 15.2. The summed E-state index contributed by atoms with van der Waals surface area (Å²) in [7, 11) is 0. The molecule has 0 bridgehead atoms. The zero-order valence-electron chi connectivity index (χ0n) is 13.0. The number of amides is 1. The number of benzene rings is 1. The highest BCUT2D eigenvalue weighted by atomic mass is 16.5. The van der Waals surface area contributed by atoms with Gasteiger partial charge in [0.05, 0.1) is 6.61 Å². The maximum Gasteiger partial charge on any atom is 0.227 e. The van der Waals surface area contributed by atoms with Crippen molar-refractivity contribution < 1.29 is 9.53 Å². The Balaban J connectivity index is 1.92. The number of anilines is 1. The van der Waals surface area contributed by atoms with E-state index >= 15 is 0 Å². The minimum Gasteiger partial charge on any atom is -0.494 e. The molecule has 4 nitrogen and oxygen atoms in total. The Hall–Kier alpha value is -1.55. The van der Waals surface area contributed by atoms with Crippen LogP contribution in [0.2, 0.25) is 0 Å². The lowest BCUT2D eigenvalue weighted by Crippen LogP contribution is -2.23. The third-order valence-corrected chi connectivity index (χ3v) is 4.07. The summed E-state index contributed by atoms with van der Waals surface area (Å²) in [6.45, 7) is 4.87. The molecule has 116 valence electrons. The maximum atomic E-state index is 12.2. The number of nitrogens with two attached hydrogens (primary N) is 1. The molecule has 1 fully saturated rings. The molecule has 1 saturated carbocycles. The topological polar surface area (TPSA) is 64.3 Å². The van der Waals surface area contributed by atoms with Gasteiger partial charge in [-0.1, -0.05) is 13.3 Å². The first-order chi connectivity index (χ1) is 10.1. The third-order valence-electron chi connectivity index (χ3n) is 4.07. The summed E-state index contributed by atoms with van der Waals surface area (Å²) in [5.74, 6) is 1.01. The number of unbranched alkanes of at least 4 members (excludes halogenated alkanes) is 1. The fraction of sp³-hybridized carbons (Fsp3) is 0.588. The molecule has 0 heterocycles. The highest BCUT2D eigenvalue weighted by Gasteiger charge is 2.27. The third kappa shape index (κ3) is 4.46. The summed E-state index contributed by atoms with van der Waals surface area (Å²) in [6.07, 6.45) is 4.81. The minimum absolute atomic E-state index is 0.0554. The van der Waals surface area contributed by atoms with E-state index in [1.807, 2.05) is 25.1 Å². The molecule has 2 rings (SSSR count). The van der Waals surface area contributed by atoms with E-state index in [1.54, 1.807) is 0 Å². The smallest absolute Gasteiger partial charge is 0.227 e. The first-order valence-corrected chi connectivity index (χ1v) is 7.90. The summed E-state index contributed by atoms with van der Waals surface area (Å²) in [6, 6.07) is 5.99. The number of nitrogens with one attached hydrogen (secondary N) is 1. The van der Waals surface area contributed by atoms with Gasteiger partial charge in [0, 0.05) is 17.6 Å². The van der Waals surface area contributed by atoms with Crippen LogP contribution in [0.25, 0.3) is 0 Å². The van der Waals surface area contributed by atoms with Crippen molar-refractivity contribution in [1.82, 2.24) is 0 Å². The van der Waals surface area contributed by atoms with Gasteiger partial charge in [0.1, 0.15) is 5.75 Å². The molecule has 0 radical (unpaired) electrons. The molecule has 0 spiro atoms. The van der Waals surface area contributed by atoms with Crippen LogP contribution in [-0.2, 0) is 4.79 Å². The van der Waals surface area contributed by atoms with Crippen LogP contribution in [0, 0.1) is 12.8 Å². The van der Waals surface area contributed by atoms with E-state index in [1.165, 1.54) is 0 Å². The Labute approximate surface area is 127 Å². The molecule has 0 saturated heterocycles. The summed E-state index contributed by atoms with van der Waals surface area (Å²) in [5, 5.41) is 3.02. The predicted molar refractivity (Wildman–Crippen MR) is 85.5 cm³/mol. The fourth-order valence-electron chi connectivity index (χ4n) is 2.69. The Morgan fingerprint density at radius 2 is 2.24 bits per heavy atom. The van der Waals surface area contributed by atoms with E-state index < -0.39 is 0 Å². The molecule has 1 aromatic carbocycles. The quantitative estimate of drug-likeness (QED) is 0.790. The molecule has 3 N–H and O–H groups in total. The summed E-state index contributed by atoms with van der Waals surface area (Å²) >= 11 is 0. The molecule has 2 unspecified atom stereocenters. The maximum absolute atomic E-state index is 12.2. The van der Waals surface area contributed by atoms with Crippen molar-refractivity contribution >= 4 is 11.6 Å². The molecule has 1 aromatic rings. The second-order valence-electron chi connectivity index (χ2n) is 5.94. The summed E-state index contributed by atoms with van der Waals surface area (Å²) in [5.41, 5.74) is 7.76. The van der Waals surface area contributed by atoms with E-state index in [-0.39, 0.29) is 17.9 Å². The van der Waals surface area contributed by atoms with Gasteiger partial charge in [0.15, 0.2) is 0 Å². The van der Waals surface area contributed by atoms with Crippen LogP contribution >= 0.6 is 0 Å². The van der Waals surface area contributed by atoms with Crippen LogP contribution in [0.5, 0.6) is 5.75 Å². The normalized spacial score (nSPS) is 21.3. The van der Waals surface area contributed by atoms with E-state index in [4.69, 9.17) is 10.5 Å². The molecule has 0 aliphatic heterocycles. The molecule has 1 amide bonds. The van der Waals surface area contributed by atoms with Gasteiger partial charge in [0.2, 0.25) is 5.91 Å². The molecular weight excluding hydrogens is 264 g/mol. The van der Waals surface area contributed by atoms with Gasteiger partial charge in [-0.05, 0) is 56.4 Å². The number of carbonyl (C=O) groups excluding carboxylic acids is 1. The average Bonchev–Trinajstić information content (AvgIpc) is 2.89. The van der Waals surface area contributed by atoms with Crippen molar-refractivity contribution in [3.63, 3.8) is 0 Å². The Bertz CT molecular complexity index is 488. The Kier molecular flexibility index (Phi) is 5.62. The molecule has 4 heteroatoms. The van der Waals surface area contributed by atoms with Crippen LogP contribution in [0.3, 0.4) is 0 Å². The fourth-order valence-corrected chi connectivity index (χ4v) is 2.69. The summed E-state index contributed by atoms with van der Waals surface area (Å²) < 4.78 is 5.67. The standard InChI is InChI=1S/C17H26N2O2/c1-3-4-9-21-15-7-8-16(12(2)10-15)19-17(20)13-5-6-14(18)11-13/h7-8,10,13-14H,3-6,9,11,18H2,1-2H3,(H,19,20). The lowest BCUT2D eigenvalue weighted by molar-refractivity contribution is -0.119. The number of rotatable bonds is 6. The van der Waals surface area contributed by atoms with Gasteiger partial charge >= 0.3 is 0 Å². The van der Waals surface area contributed by atoms with E-state index in [2.05, 4.69) is 12.2 Å². The summed E-state index contributed by atoms with van der Waals surface area (Å²) in [4.78, 5) is 12.2. The Morgan fingerprint density at radius 1 is 1.43 bits per heavy atom. The van der Waals surface area contributed by atoms with Crippen LogP contribution in [0.4, 0.5) is 5.69 Å². The van der Waals surface area contributed by atoms with Crippen LogP contribution in [0.1, 0.15) is 44.6 Å². The second kappa shape index (κ2) is 7.46. The van der Waals surface area contributed by atoms with Gasteiger partial charge < -0.3 is 15.8 Å². The largest absolute Gasteiger partial charge is 0.494 e. The molecule has 2 atom stereocenters. The second-order valence-corrected chi connectivity index (χ2v) is 5.94. The van der Waals surface area contributed by atoms with Crippen molar-refractivity contribution in [3.05, 3.63) is 23.8 Å². The van der Waals surface area contributed by atoms with Gasteiger partial charge in [-0.2, -0.15) is 0 Å². The van der Waals surface area contributed by atoms with Gasteiger partial charge in [-0.3, -0.25) is 4.79 Å². The van der Waals surface area contributed by atoms with Crippen LogP contribution in [-0.4, -0.2) is 18.6 Å². The first kappa shape index (κ1) is 15.8.